The Balaban J connectivity index is 2.03. The molecule has 0 aliphatic carbocycles. The van der Waals surface area contributed by atoms with Crippen molar-refractivity contribution < 1.29 is 27.6 Å². The van der Waals surface area contributed by atoms with Crippen molar-refractivity contribution >= 4 is 23.3 Å². The number of piperidine rings is 1. The molecule has 1 heterocycles. The van der Waals surface area contributed by atoms with Crippen molar-refractivity contribution in [2.75, 3.05) is 18.4 Å². The van der Waals surface area contributed by atoms with E-state index in [1.165, 1.54) is 13.0 Å². The van der Waals surface area contributed by atoms with Gasteiger partial charge in [0.2, 0.25) is 5.91 Å². The average Bonchev–Trinajstić information content (AvgIpc) is 2.53. The van der Waals surface area contributed by atoms with Crippen molar-refractivity contribution in [3.8, 4) is 0 Å². The number of hydrogen-bond donors (Lipinski definition) is 1. The number of ketones is 1. The van der Waals surface area contributed by atoms with E-state index < -0.39 is 23.9 Å². The third-order valence-electron chi connectivity index (χ3n) is 3.86. The smallest absolute Gasteiger partial charge is 0.334 e. The van der Waals surface area contributed by atoms with Gasteiger partial charge in [0, 0.05) is 24.3 Å². The van der Waals surface area contributed by atoms with Crippen molar-refractivity contribution in [1.82, 2.24) is 4.90 Å². The molecule has 1 aliphatic heterocycles. The van der Waals surface area contributed by atoms with Crippen molar-refractivity contribution in [3.05, 3.63) is 29.8 Å². The first-order valence-corrected chi connectivity index (χ1v) is 7.46. The van der Waals surface area contributed by atoms with Gasteiger partial charge in [-0.3, -0.25) is 14.4 Å². The van der Waals surface area contributed by atoms with Crippen LogP contribution in [0.25, 0.3) is 0 Å². The van der Waals surface area contributed by atoms with Gasteiger partial charge in [0.05, 0.1) is 5.92 Å². The molecule has 1 saturated heterocycles. The second-order valence-electron chi connectivity index (χ2n) is 5.71. The maximum absolute atomic E-state index is 12.5. The van der Waals surface area contributed by atoms with E-state index in [1.807, 2.05) is 0 Å². The van der Waals surface area contributed by atoms with Gasteiger partial charge in [0.25, 0.3) is 0 Å². The number of carbonyl (C=O) groups is 3. The molecule has 8 heteroatoms. The molecular formula is C16H17F3N2O3. The number of hydrogen-bond acceptors (Lipinski definition) is 3. The lowest BCUT2D eigenvalue weighted by Gasteiger charge is -2.32. The Kier molecular flexibility index (Phi) is 5.26. The molecular weight excluding hydrogens is 325 g/mol. The Bertz CT molecular complexity index is 658. The van der Waals surface area contributed by atoms with Crippen molar-refractivity contribution in [2.24, 2.45) is 5.92 Å². The molecule has 1 fully saturated rings. The number of amides is 2. The Hall–Kier alpha value is -2.38. The third-order valence-corrected chi connectivity index (χ3v) is 3.86. The summed E-state index contributed by atoms with van der Waals surface area (Å²) in [5, 5.41) is 2.59. The van der Waals surface area contributed by atoms with Crippen LogP contribution in [0.4, 0.5) is 18.9 Å². The highest BCUT2D eigenvalue weighted by molar-refractivity contribution is 5.97. The molecule has 1 N–H and O–H groups in total. The minimum atomic E-state index is -4.94. The number of carbonyl (C=O) groups excluding carboxylic acids is 3. The maximum atomic E-state index is 12.5. The predicted molar refractivity (Wildman–Crippen MR) is 80.4 cm³/mol. The zero-order valence-electron chi connectivity index (χ0n) is 13.0. The fourth-order valence-corrected chi connectivity index (χ4v) is 2.62. The topological polar surface area (TPSA) is 66.5 Å². The fourth-order valence-electron chi connectivity index (χ4n) is 2.62. The Morgan fingerprint density at radius 1 is 1.25 bits per heavy atom. The summed E-state index contributed by atoms with van der Waals surface area (Å²) in [6, 6.07) is 6.29. The summed E-state index contributed by atoms with van der Waals surface area (Å²) in [4.78, 5) is 35.5. The minimum absolute atomic E-state index is 0.0120. The molecule has 0 radical (unpaired) electrons. The van der Waals surface area contributed by atoms with Gasteiger partial charge in [-0.2, -0.15) is 13.2 Å². The van der Waals surface area contributed by atoms with Gasteiger partial charge < -0.3 is 10.2 Å². The molecule has 2 rings (SSSR count). The quantitative estimate of drug-likeness (QED) is 0.859. The molecule has 1 atom stereocenters. The van der Waals surface area contributed by atoms with Crippen molar-refractivity contribution in [2.45, 2.75) is 25.9 Å². The van der Waals surface area contributed by atoms with Gasteiger partial charge >= 0.3 is 12.1 Å². The number of benzene rings is 1. The second kappa shape index (κ2) is 7.02. The van der Waals surface area contributed by atoms with Crippen LogP contribution in [0.5, 0.6) is 0 Å². The molecule has 2 amide bonds. The molecule has 130 valence electrons. The number of alkyl halides is 3. The summed E-state index contributed by atoms with van der Waals surface area (Å²) in [7, 11) is 0. The Morgan fingerprint density at radius 3 is 2.58 bits per heavy atom. The van der Waals surface area contributed by atoms with Crippen LogP contribution in [-0.4, -0.2) is 41.8 Å². The van der Waals surface area contributed by atoms with E-state index in [-0.39, 0.29) is 18.9 Å². The lowest BCUT2D eigenvalue weighted by molar-refractivity contribution is -0.187. The Labute approximate surface area is 136 Å². The molecule has 0 saturated carbocycles. The summed E-state index contributed by atoms with van der Waals surface area (Å²) < 4.78 is 37.5. The number of halogens is 3. The van der Waals surface area contributed by atoms with E-state index >= 15 is 0 Å². The fraction of sp³-hybridized carbons (Fsp3) is 0.438. The van der Waals surface area contributed by atoms with Gasteiger partial charge in [-0.1, -0.05) is 12.1 Å². The van der Waals surface area contributed by atoms with Gasteiger partial charge in [-0.05, 0) is 31.9 Å². The molecule has 0 bridgehead atoms. The highest BCUT2D eigenvalue weighted by Crippen LogP contribution is 2.24. The predicted octanol–water partition coefficient (Wildman–Crippen LogP) is 2.63. The highest BCUT2D eigenvalue weighted by Gasteiger charge is 2.44. The van der Waals surface area contributed by atoms with Crippen LogP contribution in [0.15, 0.2) is 24.3 Å². The van der Waals surface area contributed by atoms with Crippen LogP contribution < -0.4 is 5.32 Å². The first-order valence-electron chi connectivity index (χ1n) is 7.46. The monoisotopic (exact) mass is 342 g/mol. The summed E-state index contributed by atoms with van der Waals surface area (Å²) in [6.45, 7) is 1.11. The van der Waals surface area contributed by atoms with Gasteiger partial charge in [-0.25, -0.2) is 0 Å². The van der Waals surface area contributed by atoms with Crippen LogP contribution in [0, 0.1) is 5.92 Å². The Morgan fingerprint density at radius 2 is 1.96 bits per heavy atom. The van der Waals surface area contributed by atoms with Gasteiger partial charge in [0.1, 0.15) is 0 Å². The van der Waals surface area contributed by atoms with Crippen LogP contribution >= 0.6 is 0 Å². The number of likely N-dealkylation sites (tertiary alicyclic amines) is 1. The van der Waals surface area contributed by atoms with E-state index in [0.717, 1.165) is 0 Å². The number of rotatable bonds is 3. The number of Topliss-reactive ketones (excluding diaryl/α,β-unsaturated/α-hetero) is 1. The van der Waals surface area contributed by atoms with Crippen LogP contribution in [0.2, 0.25) is 0 Å². The first kappa shape index (κ1) is 18.0. The van der Waals surface area contributed by atoms with E-state index in [9.17, 15) is 27.6 Å². The number of anilines is 1. The van der Waals surface area contributed by atoms with Crippen LogP contribution in [0.1, 0.15) is 30.1 Å². The number of nitrogens with one attached hydrogen (secondary N) is 1. The summed E-state index contributed by atoms with van der Waals surface area (Å²) in [6.07, 6.45) is -4.21. The zero-order chi connectivity index (χ0) is 17.9. The molecule has 5 nitrogen and oxygen atoms in total. The minimum Gasteiger partial charge on any atom is -0.334 e. The number of nitrogens with zero attached hydrogens (tertiary/aromatic N) is 1. The molecule has 1 unspecified atom stereocenters. The maximum Gasteiger partial charge on any atom is 0.471 e. The molecule has 1 aromatic rings. The van der Waals surface area contributed by atoms with Crippen molar-refractivity contribution in [1.29, 1.82) is 0 Å². The van der Waals surface area contributed by atoms with Crippen LogP contribution in [0.3, 0.4) is 0 Å². The molecule has 24 heavy (non-hydrogen) atoms. The van der Waals surface area contributed by atoms with Gasteiger partial charge in [0.15, 0.2) is 5.78 Å². The lowest BCUT2D eigenvalue weighted by Crippen LogP contribution is -2.48. The van der Waals surface area contributed by atoms with E-state index in [4.69, 9.17) is 0 Å². The van der Waals surface area contributed by atoms with Crippen LogP contribution in [-0.2, 0) is 9.59 Å². The zero-order valence-corrected chi connectivity index (χ0v) is 13.0. The SMILES string of the molecule is CC(=O)c1cccc(NC(=O)C2CCCN(C(=O)C(F)(F)F)C2)c1. The molecule has 1 aliphatic rings. The van der Waals surface area contributed by atoms with E-state index in [2.05, 4.69) is 5.32 Å². The summed E-state index contributed by atoms with van der Waals surface area (Å²) >= 11 is 0. The standard InChI is InChI=1S/C16H17F3N2O3/c1-10(22)11-4-2-6-13(8-11)20-14(23)12-5-3-7-21(9-12)15(24)16(17,18)19/h2,4,6,8,12H,3,5,7,9H2,1H3,(H,20,23). The van der Waals surface area contributed by atoms with Crippen molar-refractivity contribution in [3.63, 3.8) is 0 Å². The molecule has 1 aromatic carbocycles. The summed E-state index contributed by atoms with van der Waals surface area (Å²) in [5.74, 6) is -3.26. The second-order valence-corrected chi connectivity index (χ2v) is 5.71. The van der Waals surface area contributed by atoms with E-state index in [1.54, 1.807) is 18.2 Å². The van der Waals surface area contributed by atoms with Gasteiger partial charge in [-0.15, -0.1) is 0 Å². The molecule has 0 spiro atoms. The third kappa shape index (κ3) is 4.33. The normalized spacial score (nSPS) is 18.2. The largest absolute Gasteiger partial charge is 0.471 e. The van der Waals surface area contributed by atoms with E-state index in [0.29, 0.717) is 29.0 Å². The molecule has 0 aromatic heterocycles. The lowest BCUT2D eigenvalue weighted by atomic mass is 9.96. The first-order chi connectivity index (χ1) is 11.2. The highest BCUT2D eigenvalue weighted by atomic mass is 19.4. The average molecular weight is 342 g/mol. The summed E-state index contributed by atoms with van der Waals surface area (Å²) in [5.41, 5.74) is 0.817.